The van der Waals surface area contributed by atoms with Gasteiger partial charge in [-0.2, -0.15) is 11.3 Å². The van der Waals surface area contributed by atoms with Crippen molar-refractivity contribution < 1.29 is 4.79 Å². The Labute approximate surface area is 158 Å². The standard InChI is InChI=1S/C17H18N4OS3/c1-20(9-12-6-8-23-10-12)15(22)11-25-17-19-18-16(14-3-2-7-24-14)21(17)13-4-5-13/h2-3,6-8,10,13H,4-5,9,11H2,1H3. The molecule has 1 aliphatic rings. The van der Waals surface area contributed by atoms with Crippen LogP contribution < -0.4 is 0 Å². The highest BCUT2D eigenvalue weighted by Crippen LogP contribution is 2.41. The van der Waals surface area contributed by atoms with Crippen molar-refractivity contribution in [1.82, 2.24) is 19.7 Å². The summed E-state index contributed by atoms with van der Waals surface area (Å²) in [5.74, 6) is 1.42. The van der Waals surface area contributed by atoms with Crippen LogP contribution in [-0.4, -0.2) is 38.4 Å². The quantitative estimate of drug-likeness (QED) is 0.569. The van der Waals surface area contributed by atoms with Crippen LogP contribution >= 0.6 is 34.4 Å². The number of aromatic nitrogens is 3. The highest BCUT2D eigenvalue weighted by Gasteiger charge is 2.30. The molecule has 4 rings (SSSR count). The molecule has 0 saturated heterocycles. The summed E-state index contributed by atoms with van der Waals surface area (Å²) in [7, 11) is 1.85. The summed E-state index contributed by atoms with van der Waals surface area (Å²) in [6, 6.07) is 6.63. The maximum absolute atomic E-state index is 12.4. The van der Waals surface area contributed by atoms with E-state index in [-0.39, 0.29) is 5.91 Å². The normalized spacial score (nSPS) is 14.0. The molecule has 0 unspecified atom stereocenters. The van der Waals surface area contributed by atoms with Gasteiger partial charge in [0, 0.05) is 19.6 Å². The average Bonchev–Trinajstić information content (AvgIpc) is 3.04. The van der Waals surface area contributed by atoms with Crippen LogP contribution in [0.15, 0.2) is 39.5 Å². The summed E-state index contributed by atoms with van der Waals surface area (Å²) in [4.78, 5) is 15.3. The molecular formula is C17H18N4OS3. The van der Waals surface area contributed by atoms with Crippen LogP contribution in [0.3, 0.4) is 0 Å². The van der Waals surface area contributed by atoms with Crippen molar-refractivity contribution in [3.05, 3.63) is 39.9 Å². The van der Waals surface area contributed by atoms with Crippen molar-refractivity contribution in [2.75, 3.05) is 12.8 Å². The predicted molar refractivity (Wildman–Crippen MR) is 103 cm³/mol. The number of amides is 1. The Hall–Kier alpha value is -1.64. The molecule has 25 heavy (non-hydrogen) atoms. The second-order valence-electron chi connectivity index (χ2n) is 6.05. The fraction of sp³-hybridized carbons (Fsp3) is 0.353. The number of carbonyl (C=O) groups is 1. The fourth-order valence-corrected chi connectivity index (χ4v) is 4.90. The van der Waals surface area contributed by atoms with E-state index in [1.807, 2.05) is 18.5 Å². The molecule has 5 nitrogen and oxygen atoms in total. The van der Waals surface area contributed by atoms with Crippen molar-refractivity contribution in [3.63, 3.8) is 0 Å². The number of hydrogen-bond donors (Lipinski definition) is 0. The zero-order valence-electron chi connectivity index (χ0n) is 13.8. The third-order valence-electron chi connectivity index (χ3n) is 4.07. The van der Waals surface area contributed by atoms with Gasteiger partial charge in [-0.1, -0.05) is 17.8 Å². The van der Waals surface area contributed by atoms with Crippen molar-refractivity contribution >= 4 is 40.3 Å². The highest BCUT2D eigenvalue weighted by molar-refractivity contribution is 7.99. The first kappa shape index (κ1) is 16.8. The predicted octanol–water partition coefficient (Wildman–Crippen LogP) is 4.15. The van der Waals surface area contributed by atoms with E-state index in [1.165, 1.54) is 17.3 Å². The van der Waals surface area contributed by atoms with Gasteiger partial charge in [-0.05, 0) is 46.7 Å². The van der Waals surface area contributed by atoms with E-state index in [0.717, 1.165) is 28.7 Å². The molecule has 3 heterocycles. The summed E-state index contributed by atoms with van der Waals surface area (Å²) in [5.41, 5.74) is 1.17. The molecule has 0 aliphatic heterocycles. The van der Waals surface area contributed by atoms with Gasteiger partial charge < -0.3 is 4.90 Å². The van der Waals surface area contributed by atoms with Gasteiger partial charge in [-0.3, -0.25) is 9.36 Å². The number of thiophene rings is 2. The Morgan fingerprint density at radius 3 is 2.92 bits per heavy atom. The van der Waals surface area contributed by atoms with Crippen LogP contribution in [0, 0.1) is 0 Å². The molecule has 0 atom stereocenters. The van der Waals surface area contributed by atoms with Gasteiger partial charge in [0.15, 0.2) is 11.0 Å². The Balaban J connectivity index is 1.43. The lowest BCUT2D eigenvalue weighted by Gasteiger charge is -2.16. The molecule has 0 N–H and O–H groups in total. The van der Waals surface area contributed by atoms with Gasteiger partial charge in [-0.15, -0.1) is 21.5 Å². The van der Waals surface area contributed by atoms with E-state index in [4.69, 9.17) is 0 Å². The number of carbonyl (C=O) groups excluding carboxylic acids is 1. The van der Waals surface area contributed by atoms with Crippen LogP contribution in [-0.2, 0) is 11.3 Å². The summed E-state index contributed by atoms with van der Waals surface area (Å²) in [5, 5.41) is 15.8. The molecule has 1 amide bonds. The molecule has 0 radical (unpaired) electrons. The molecule has 3 aromatic rings. The van der Waals surface area contributed by atoms with Crippen molar-refractivity contribution in [2.45, 2.75) is 30.6 Å². The van der Waals surface area contributed by atoms with Gasteiger partial charge in [0.2, 0.25) is 5.91 Å². The lowest BCUT2D eigenvalue weighted by molar-refractivity contribution is -0.127. The molecule has 130 valence electrons. The van der Waals surface area contributed by atoms with E-state index in [9.17, 15) is 4.79 Å². The van der Waals surface area contributed by atoms with Gasteiger partial charge in [0.1, 0.15) is 0 Å². The van der Waals surface area contributed by atoms with Gasteiger partial charge in [0.25, 0.3) is 0 Å². The Morgan fingerprint density at radius 2 is 2.24 bits per heavy atom. The average molecular weight is 391 g/mol. The molecule has 3 aromatic heterocycles. The lowest BCUT2D eigenvalue weighted by Crippen LogP contribution is -2.27. The van der Waals surface area contributed by atoms with Gasteiger partial charge in [0.05, 0.1) is 10.6 Å². The number of thioether (sulfide) groups is 1. The SMILES string of the molecule is CN(Cc1ccsc1)C(=O)CSc1nnc(-c2cccs2)n1C1CC1. The second-order valence-corrected chi connectivity index (χ2v) is 8.72. The van der Waals surface area contributed by atoms with Crippen molar-refractivity contribution in [3.8, 4) is 10.7 Å². The Morgan fingerprint density at radius 1 is 1.36 bits per heavy atom. The highest BCUT2D eigenvalue weighted by atomic mass is 32.2. The van der Waals surface area contributed by atoms with Gasteiger partial charge in [-0.25, -0.2) is 0 Å². The van der Waals surface area contributed by atoms with Crippen molar-refractivity contribution in [1.29, 1.82) is 0 Å². The number of nitrogens with zero attached hydrogens (tertiary/aromatic N) is 4. The van der Waals surface area contributed by atoms with E-state index in [2.05, 4.69) is 37.7 Å². The molecular weight excluding hydrogens is 372 g/mol. The largest absolute Gasteiger partial charge is 0.341 e. The van der Waals surface area contributed by atoms with Crippen LogP contribution in [0.1, 0.15) is 24.4 Å². The first-order chi connectivity index (χ1) is 12.2. The molecule has 1 saturated carbocycles. The van der Waals surface area contributed by atoms with Crippen LogP contribution in [0.4, 0.5) is 0 Å². The summed E-state index contributed by atoms with van der Waals surface area (Å²) >= 11 is 4.81. The van der Waals surface area contributed by atoms with E-state index < -0.39 is 0 Å². The molecule has 0 bridgehead atoms. The zero-order valence-corrected chi connectivity index (χ0v) is 16.2. The topological polar surface area (TPSA) is 51.0 Å². The minimum Gasteiger partial charge on any atom is -0.341 e. The number of hydrogen-bond acceptors (Lipinski definition) is 6. The van der Waals surface area contributed by atoms with E-state index in [1.54, 1.807) is 27.6 Å². The first-order valence-electron chi connectivity index (χ1n) is 8.09. The molecule has 1 aliphatic carbocycles. The maximum Gasteiger partial charge on any atom is 0.233 e. The lowest BCUT2D eigenvalue weighted by atomic mass is 10.3. The molecule has 0 aromatic carbocycles. The smallest absolute Gasteiger partial charge is 0.233 e. The van der Waals surface area contributed by atoms with Crippen LogP contribution in [0.25, 0.3) is 10.7 Å². The monoisotopic (exact) mass is 390 g/mol. The van der Waals surface area contributed by atoms with E-state index in [0.29, 0.717) is 18.3 Å². The zero-order chi connectivity index (χ0) is 17.2. The summed E-state index contributed by atoms with van der Waals surface area (Å²) in [6.07, 6.45) is 2.33. The van der Waals surface area contributed by atoms with Crippen LogP contribution in [0.5, 0.6) is 0 Å². The minimum absolute atomic E-state index is 0.110. The maximum atomic E-state index is 12.4. The van der Waals surface area contributed by atoms with Crippen molar-refractivity contribution in [2.24, 2.45) is 0 Å². The minimum atomic E-state index is 0.110. The van der Waals surface area contributed by atoms with Gasteiger partial charge >= 0.3 is 0 Å². The summed E-state index contributed by atoms with van der Waals surface area (Å²) in [6.45, 7) is 0.651. The first-order valence-corrected chi connectivity index (χ1v) is 10.9. The fourth-order valence-electron chi connectivity index (χ4n) is 2.59. The molecule has 1 fully saturated rings. The second kappa shape index (κ2) is 7.31. The molecule has 8 heteroatoms. The third kappa shape index (κ3) is 3.80. The van der Waals surface area contributed by atoms with Crippen LogP contribution in [0.2, 0.25) is 0 Å². The molecule has 0 spiro atoms. The summed E-state index contributed by atoms with van der Waals surface area (Å²) < 4.78 is 2.21. The van der Waals surface area contributed by atoms with E-state index >= 15 is 0 Å². The Kier molecular flexibility index (Phi) is 4.91. The Bertz CT molecular complexity index is 838. The third-order valence-corrected chi connectivity index (χ3v) is 6.59. The number of rotatable bonds is 7.